The summed E-state index contributed by atoms with van der Waals surface area (Å²) in [6.45, 7) is 0.767. The Labute approximate surface area is 260 Å². The monoisotopic (exact) mass is 596 g/mol. The maximum atomic E-state index is 12.9. The number of imidazole rings is 1. The van der Waals surface area contributed by atoms with Gasteiger partial charge in [0.25, 0.3) is 5.91 Å². The van der Waals surface area contributed by atoms with E-state index in [1.165, 1.54) is 6.33 Å². The van der Waals surface area contributed by atoms with Gasteiger partial charge in [-0.3, -0.25) is 14.3 Å². The minimum atomic E-state index is -0.695. The number of aliphatic hydroxyl groups is 1. The van der Waals surface area contributed by atoms with E-state index in [2.05, 4.69) is 98.0 Å². The molecule has 2 unspecified atom stereocenters. The third kappa shape index (κ3) is 5.27. The van der Waals surface area contributed by atoms with Gasteiger partial charge in [-0.25, -0.2) is 15.0 Å². The molecule has 6 aromatic rings. The zero-order valence-electron chi connectivity index (χ0n) is 24.5. The molecule has 4 aromatic carbocycles. The molecule has 2 N–H and O–H groups in total. The lowest BCUT2D eigenvalue weighted by molar-refractivity contribution is -0.148. The SMILES string of the molecule is O=C(Nc1ncnc2c1ncn2C1CN(C(c2ccccc2)(c2ccccc2)c2ccccc2)CC(CO)O1)c1ccccc1. The van der Waals surface area contributed by atoms with Crippen molar-refractivity contribution in [1.82, 2.24) is 24.4 Å². The molecule has 3 heterocycles. The van der Waals surface area contributed by atoms with Crippen molar-refractivity contribution in [2.24, 2.45) is 0 Å². The summed E-state index contributed by atoms with van der Waals surface area (Å²) in [5.41, 5.74) is 4.08. The molecule has 1 amide bonds. The van der Waals surface area contributed by atoms with Crippen LogP contribution in [-0.2, 0) is 10.3 Å². The lowest BCUT2D eigenvalue weighted by Gasteiger charge is -2.50. The van der Waals surface area contributed by atoms with Crippen LogP contribution in [0.3, 0.4) is 0 Å². The first-order chi connectivity index (χ1) is 22.2. The normalized spacial score (nSPS) is 17.3. The lowest BCUT2D eigenvalue weighted by atomic mass is 9.75. The van der Waals surface area contributed by atoms with E-state index >= 15 is 0 Å². The molecule has 7 rings (SSSR count). The number of nitrogens with one attached hydrogen (secondary N) is 1. The van der Waals surface area contributed by atoms with Crippen molar-refractivity contribution in [3.05, 3.63) is 156 Å². The minimum absolute atomic E-state index is 0.165. The van der Waals surface area contributed by atoms with Gasteiger partial charge in [-0.15, -0.1) is 0 Å². The summed E-state index contributed by atoms with van der Waals surface area (Å²) in [4.78, 5) is 28.8. The van der Waals surface area contributed by atoms with Crippen molar-refractivity contribution in [3.8, 4) is 0 Å². The van der Waals surface area contributed by atoms with Crippen LogP contribution >= 0.6 is 0 Å². The predicted octanol–water partition coefficient (Wildman–Crippen LogP) is 5.26. The summed E-state index contributed by atoms with van der Waals surface area (Å²) in [6.07, 6.45) is 2.03. The van der Waals surface area contributed by atoms with Crippen molar-refractivity contribution in [3.63, 3.8) is 0 Å². The van der Waals surface area contributed by atoms with Crippen molar-refractivity contribution in [1.29, 1.82) is 0 Å². The third-order valence-electron chi connectivity index (χ3n) is 8.34. The highest BCUT2D eigenvalue weighted by atomic mass is 16.5. The molecule has 45 heavy (non-hydrogen) atoms. The molecule has 224 valence electrons. The van der Waals surface area contributed by atoms with Gasteiger partial charge in [0, 0.05) is 18.7 Å². The maximum Gasteiger partial charge on any atom is 0.256 e. The number of hydrogen-bond donors (Lipinski definition) is 2. The number of anilines is 1. The van der Waals surface area contributed by atoms with Crippen LogP contribution in [0.4, 0.5) is 5.82 Å². The topological polar surface area (TPSA) is 105 Å². The molecular weight excluding hydrogens is 564 g/mol. The average Bonchev–Trinajstić information content (AvgIpc) is 3.56. The standard InChI is InChI=1S/C36H32N6O3/c43-23-30-21-41(36(27-15-7-2-8-16-27,28-17-9-3-10-18-28)29-19-11-4-12-20-29)22-31(45-30)42-25-39-32-33(37-24-38-34(32)42)40-35(44)26-13-5-1-6-14-26/h1-20,24-25,30-31,43H,21-23H2,(H,37,38,40,44). The zero-order chi connectivity index (χ0) is 30.6. The van der Waals surface area contributed by atoms with Crippen LogP contribution in [0.2, 0.25) is 0 Å². The van der Waals surface area contributed by atoms with Gasteiger partial charge in [0.15, 0.2) is 17.0 Å². The third-order valence-corrected chi connectivity index (χ3v) is 8.34. The molecule has 0 aliphatic carbocycles. The Morgan fingerprint density at radius 1 is 0.778 bits per heavy atom. The van der Waals surface area contributed by atoms with E-state index < -0.39 is 17.9 Å². The number of morpholine rings is 1. The van der Waals surface area contributed by atoms with Gasteiger partial charge in [0.2, 0.25) is 0 Å². The summed E-state index contributed by atoms with van der Waals surface area (Å²) in [5, 5.41) is 13.4. The highest BCUT2D eigenvalue weighted by molar-refractivity contribution is 6.06. The van der Waals surface area contributed by atoms with Crippen LogP contribution in [-0.4, -0.2) is 61.2 Å². The van der Waals surface area contributed by atoms with E-state index in [0.29, 0.717) is 35.6 Å². The van der Waals surface area contributed by atoms with Crippen LogP contribution in [0.15, 0.2) is 134 Å². The van der Waals surface area contributed by atoms with Crippen molar-refractivity contribution in [2.75, 3.05) is 25.0 Å². The zero-order valence-corrected chi connectivity index (χ0v) is 24.5. The highest BCUT2D eigenvalue weighted by Crippen LogP contribution is 2.44. The number of aliphatic hydroxyl groups excluding tert-OH is 1. The van der Waals surface area contributed by atoms with Gasteiger partial charge in [-0.2, -0.15) is 0 Å². The molecule has 1 fully saturated rings. The first-order valence-corrected chi connectivity index (χ1v) is 14.9. The number of amides is 1. The number of carbonyl (C=O) groups is 1. The van der Waals surface area contributed by atoms with Crippen LogP contribution in [0.1, 0.15) is 33.3 Å². The molecule has 1 saturated heterocycles. The van der Waals surface area contributed by atoms with E-state index in [9.17, 15) is 9.90 Å². The van der Waals surface area contributed by atoms with Crippen LogP contribution in [0.25, 0.3) is 11.2 Å². The van der Waals surface area contributed by atoms with Crippen LogP contribution in [0, 0.1) is 0 Å². The molecule has 0 spiro atoms. The minimum Gasteiger partial charge on any atom is -0.394 e. The molecule has 0 saturated carbocycles. The fourth-order valence-corrected chi connectivity index (χ4v) is 6.35. The molecular formula is C36H32N6O3. The van der Waals surface area contributed by atoms with Gasteiger partial charge < -0.3 is 15.2 Å². The summed E-state index contributed by atoms with van der Waals surface area (Å²) in [6, 6.07) is 40.3. The summed E-state index contributed by atoms with van der Waals surface area (Å²) >= 11 is 0. The Hall–Kier alpha value is -5.22. The number of nitrogens with zero attached hydrogens (tertiary/aromatic N) is 5. The average molecular weight is 597 g/mol. The fourth-order valence-electron chi connectivity index (χ4n) is 6.35. The van der Waals surface area contributed by atoms with Crippen molar-refractivity contribution >= 4 is 22.9 Å². The maximum absolute atomic E-state index is 12.9. The first-order valence-electron chi connectivity index (χ1n) is 14.9. The van der Waals surface area contributed by atoms with Crippen LogP contribution in [0.5, 0.6) is 0 Å². The van der Waals surface area contributed by atoms with Gasteiger partial charge in [-0.05, 0) is 28.8 Å². The van der Waals surface area contributed by atoms with Crippen molar-refractivity contribution < 1.29 is 14.6 Å². The second-order valence-corrected chi connectivity index (χ2v) is 11.0. The molecule has 2 aromatic heterocycles. The second-order valence-electron chi connectivity index (χ2n) is 11.0. The first kappa shape index (κ1) is 28.5. The largest absolute Gasteiger partial charge is 0.394 e. The molecule has 0 bridgehead atoms. The number of fused-ring (bicyclic) bond motifs is 1. The number of carbonyl (C=O) groups excluding carboxylic acids is 1. The van der Waals surface area contributed by atoms with Gasteiger partial charge >= 0.3 is 0 Å². The molecule has 9 nitrogen and oxygen atoms in total. The number of aromatic nitrogens is 4. The fraction of sp³-hybridized carbons (Fsp3) is 0.167. The van der Waals surface area contributed by atoms with E-state index in [0.717, 1.165) is 16.7 Å². The van der Waals surface area contributed by atoms with E-state index in [-0.39, 0.29) is 12.5 Å². The molecule has 9 heteroatoms. The Morgan fingerprint density at radius 3 is 1.89 bits per heavy atom. The number of ether oxygens (including phenoxy) is 1. The molecule has 2 atom stereocenters. The number of hydrogen-bond acceptors (Lipinski definition) is 7. The van der Waals surface area contributed by atoms with E-state index in [4.69, 9.17) is 4.74 Å². The second kappa shape index (κ2) is 12.4. The molecule has 0 radical (unpaired) electrons. The Balaban J connectivity index is 1.32. The predicted molar refractivity (Wildman–Crippen MR) is 171 cm³/mol. The van der Waals surface area contributed by atoms with Gasteiger partial charge in [0.1, 0.15) is 12.6 Å². The van der Waals surface area contributed by atoms with Crippen molar-refractivity contribution in [2.45, 2.75) is 17.9 Å². The molecule has 1 aliphatic rings. The number of rotatable bonds is 8. The lowest BCUT2D eigenvalue weighted by Crippen LogP contribution is -2.57. The Morgan fingerprint density at radius 2 is 1.33 bits per heavy atom. The summed E-state index contributed by atoms with van der Waals surface area (Å²) in [7, 11) is 0. The van der Waals surface area contributed by atoms with Gasteiger partial charge in [0.05, 0.1) is 24.6 Å². The highest BCUT2D eigenvalue weighted by Gasteiger charge is 2.46. The summed E-state index contributed by atoms with van der Waals surface area (Å²) in [5.74, 6) is 0.0233. The van der Waals surface area contributed by atoms with Gasteiger partial charge in [-0.1, -0.05) is 109 Å². The Bertz CT molecular complexity index is 1790. The molecule has 1 aliphatic heterocycles. The van der Waals surface area contributed by atoms with E-state index in [1.54, 1.807) is 18.5 Å². The number of benzene rings is 4. The van der Waals surface area contributed by atoms with E-state index in [1.807, 2.05) is 41.0 Å². The smallest absolute Gasteiger partial charge is 0.256 e. The summed E-state index contributed by atoms with van der Waals surface area (Å²) < 4.78 is 8.35. The quantitative estimate of drug-likeness (QED) is 0.231. The Kier molecular flexibility index (Phi) is 7.87. The van der Waals surface area contributed by atoms with Crippen LogP contribution < -0.4 is 5.32 Å².